The number of aliphatic imine (C=N–C) groups is 1. The van der Waals surface area contributed by atoms with Crippen molar-refractivity contribution in [1.82, 2.24) is 0 Å². The zero-order chi connectivity index (χ0) is 15.4. The van der Waals surface area contributed by atoms with Gasteiger partial charge in [0.25, 0.3) is 0 Å². The van der Waals surface area contributed by atoms with Crippen molar-refractivity contribution in [2.24, 2.45) is 4.99 Å². The minimum atomic E-state index is -1.68. The third-order valence-corrected chi connectivity index (χ3v) is 12.6. The highest BCUT2D eigenvalue weighted by Gasteiger charge is 2.55. The van der Waals surface area contributed by atoms with Gasteiger partial charge in [-0.15, -0.1) is 0 Å². The van der Waals surface area contributed by atoms with Crippen LogP contribution in [0.2, 0.25) is 17.1 Å². The van der Waals surface area contributed by atoms with Crippen molar-refractivity contribution in [3.05, 3.63) is 0 Å². The summed E-state index contributed by atoms with van der Waals surface area (Å²) in [5, 5.41) is -0.174. The lowest BCUT2D eigenvalue weighted by molar-refractivity contribution is 0.0194. The van der Waals surface area contributed by atoms with Gasteiger partial charge in [0.1, 0.15) is 8.07 Å². The van der Waals surface area contributed by atoms with E-state index in [9.17, 15) is 0 Å². The molecule has 3 heteroatoms. The molecule has 1 unspecified atom stereocenters. The van der Waals surface area contributed by atoms with E-state index < -0.39 is 8.07 Å². The van der Waals surface area contributed by atoms with Gasteiger partial charge in [0.05, 0.1) is 11.3 Å². The topological polar surface area (TPSA) is 21.6 Å². The second kappa shape index (κ2) is 7.03. The van der Waals surface area contributed by atoms with Crippen LogP contribution < -0.4 is 0 Å². The molecule has 0 fully saturated rings. The summed E-state index contributed by atoms with van der Waals surface area (Å²) in [7, 11) is 0.218. The third kappa shape index (κ3) is 3.30. The monoisotopic (exact) mass is 285 g/mol. The Morgan fingerprint density at radius 1 is 1.11 bits per heavy atom. The minimum Gasteiger partial charge on any atom is -0.370 e. The maximum Gasteiger partial charge on any atom is 0.103 e. The quantitative estimate of drug-likeness (QED) is 0.471. The van der Waals surface area contributed by atoms with Crippen molar-refractivity contribution in [2.75, 3.05) is 7.05 Å². The van der Waals surface area contributed by atoms with Crippen LogP contribution in [0.3, 0.4) is 0 Å². The summed E-state index contributed by atoms with van der Waals surface area (Å²) in [5.41, 5.74) is 2.52. The van der Waals surface area contributed by atoms with Crippen molar-refractivity contribution < 1.29 is 4.74 Å². The number of hydrogen-bond acceptors (Lipinski definition) is 2. The summed E-state index contributed by atoms with van der Waals surface area (Å²) in [6, 6.07) is 1.23. The SMILES string of the molecule is CC[Si](C(C)C)(C(C)C)C(C)(OC(C)C)C(C)=NC. The standard InChI is InChI=1S/C16H35NOSi/c1-11-19(13(4)5,14(6)7)16(9,15(8)17-10)18-12(2)3/h12-14H,11H2,1-10H3. The van der Waals surface area contributed by atoms with E-state index in [4.69, 9.17) is 4.74 Å². The van der Waals surface area contributed by atoms with Crippen LogP contribution in [0.25, 0.3) is 0 Å². The average Bonchev–Trinajstić information content (AvgIpc) is 2.27. The molecule has 0 amide bonds. The fourth-order valence-electron chi connectivity index (χ4n) is 4.14. The zero-order valence-corrected chi connectivity index (χ0v) is 15.8. The van der Waals surface area contributed by atoms with Crippen LogP contribution in [0.4, 0.5) is 0 Å². The van der Waals surface area contributed by atoms with Crippen LogP contribution in [0.15, 0.2) is 4.99 Å². The van der Waals surface area contributed by atoms with E-state index in [1.54, 1.807) is 0 Å². The predicted molar refractivity (Wildman–Crippen MR) is 90.1 cm³/mol. The van der Waals surface area contributed by atoms with E-state index >= 15 is 0 Å². The van der Waals surface area contributed by atoms with Crippen molar-refractivity contribution in [2.45, 2.75) is 90.8 Å². The fourth-order valence-corrected chi connectivity index (χ4v) is 11.2. The molecule has 0 aromatic rings. The van der Waals surface area contributed by atoms with E-state index in [-0.39, 0.29) is 11.3 Å². The summed E-state index contributed by atoms with van der Waals surface area (Å²) in [5.74, 6) is 0. The Morgan fingerprint density at radius 3 is 1.74 bits per heavy atom. The van der Waals surface area contributed by atoms with Gasteiger partial charge in [0, 0.05) is 12.8 Å². The number of rotatable bonds is 7. The Hall–Kier alpha value is -0.153. The van der Waals surface area contributed by atoms with Crippen molar-refractivity contribution in [1.29, 1.82) is 0 Å². The maximum atomic E-state index is 6.50. The van der Waals surface area contributed by atoms with Gasteiger partial charge >= 0.3 is 0 Å². The number of hydrogen-bond donors (Lipinski definition) is 0. The lowest BCUT2D eigenvalue weighted by atomic mass is 10.2. The first-order valence-corrected chi connectivity index (χ1v) is 10.1. The summed E-state index contributed by atoms with van der Waals surface area (Å²) < 4.78 is 6.50. The lowest BCUT2D eigenvalue weighted by Crippen LogP contribution is -2.66. The molecule has 19 heavy (non-hydrogen) atoms. The lowest BCUT2D eigenvalue weighted by Gasteiger charge is -2.52. The van der Waals surface area contributed by atoms with E-state index in [2.05, 4.69) is 67.3 Å². The summed E-state index contributed by atoms with van der Waals surface area (Å²) in [6.45, 7) is 20.6. The summed E-state index contributed by atoms with van der Waals surface area (Å²) in [4.78, 5) is 4.52. The smallest absolute Gasteiger partial charge is 0.103 e. The van der Waals surface area contributed by atoms with Gasteiger partial charge in [-0.2, -0.15) is 0 Å². The van der Waals surface area contributed by atoms with Crippen LogP contribution >= 0.6 is 0 Å². The third-order valence-electron chi connectivity index (χ3n) is 5.03. The molecule has 1 atom stereocenters. The molecule has 0 aliphatic rings. The van der Waals surface area contributed by atoms with Crippen LogP contribution in [-0.4, -0.2) is 32.2 Å². The van der Waals surface area contributed by atoms with Crippen LogP contribution in [0, 0.1) is 0 Å². The Bertz CT molecular complexity index is 302. The average molecular weight is 286 g/mol. The van der Waals surface area contributed by atoms with E-state index in [0.29, 0.717) is 11.1 Å². The molecule has 0 aromatic heterocycles. The second-order valence-corrected chi connectivity index (χ2v) is 12.8. The first kappa shape index (κ1) is 18.8. The normalized spacial score (nSPS) is 17.4. The second-order valence-electron chi connectivity index (χ2n) is 6.71. The molecule has 0 spiro atoms. The van der Waals surface area contributed by atoms with Gasteiger partial charge in [-0.05, 0) is 38.8 Å². The molecular formula is C16H35NOSi. The molecule has 2 nitrogen and oxygen atoms in total. The molecule has 0 saturated carbocycles. The molecule has 0 saturated heterocycles. The van der Waals surface area contributed by atoms with Gasteiger partial charge in [-0.1, -0.05) is 40.7 Å². The number of nitrogens with zero attached hydrogens (tertiary/aromatic N) is 1. The molecule has 114 valence electrons. The Kier molecular flexibility index (Phi) is 6.97. The van der Waals surface area contributed by atoms with Gasteiger partial charge in [0.15, 0.2) is 0 Å². The molecule has 0 bridgehead atoms. The molecule has 0 aromatic carbocycles. The van der Waals surface area contributed by atoms with E-state index in [1.165, 1.54) is 6.04 Å². The van der Waals surface area contributed by atoms with Crippen LogP contribution in [0.5, 0.6) is 0 Å². The van der Waals surface area contributed by atoms with Gasteiger partial charge < -0.3 is 4.74 Å². The van der Waals surface area contributed by atoms with E-state index in [0.717, 1.165) is 5.71 Å². The highest BCUT2D eigenvalue weighted by Crippen LogP contribution is 2.46. The molecule has 0 aliphatic heterocycles. The molecule has 0 radical (unpaired) electrons. The Labute approximate surface area is 122 Å². The van der Waals surface area contributed by atoms with Crippen LogP contribution in [-0.2, 0) is 4.74 Å². The predicted octanol–water partition coefficient (Wildman–Crippen LogP) is 5.09. The van der Waals surface area contributed by atoms with Gasteiger partial charge in [-0.3, -0.25) is 4.99 Å². The molecule has 0 N–H and O–H groups in total. The summed E-state index contributed by atoms with van der Waals surface area (Å²) >= 11 is 0. The highest BCUT2D eigenvalue weighted by atomic mass is 28.3. The Morgan fingerprint density at radius 2 is 1.53 bits per heavy atom. The van der Waals surface area contributed by atoms with Crippen molar-refractivity contribution >= 4 is 13.8 Å². The molecule has 0 rings (SSSR count). The zero-order valence-electron chi connectivity index (χ0n) is 14.8. The largest absolute Gasteiger partial charge is 0.370 e. The first-order valence-electron chi connectivity index (χ1n) is 7.71. The summed E-state index contributed by atoms with van der Waals surface area (Å²) in [6.07, 6.45) is 0.234. The molecular weight excluding hydrogens is 250 g/mol. The van der Waals surface area contributed by atoms with E-state index in [1.807, 2.05) is 7.05 Å². The van der Waals surface area contributed by atoms with Gasteiger partial charge in [0.2, 0.25) is 0 Å². The molecule has 0 aliphatic carbocycles. The van der Waals surface area contributed by atoms with Crippen LogP contribution in [0.1, 0.15) is 62.3 Å². The number of ether oxygens (including phenoxy) is 1. The van der Waals surface area contributed by atoms with Gasteiger partial charge in [-0.25, -0.2) is 0 Å². The first-order chi connectivity index (χ1) is 8.60. The minimum absolute atomic E-state index is 0.174. The highest BCUT2D eigenvalue weighted by molar-refractivity contribution is 6.87. The maximum absolute atomic E-state index is 6.50. The van der Waals surface area contributed by atoms with Crippen molar-refractivity contribution in [3.63, 3.8) is 0 Å². The molecule has 0 heterocycles. The Balaban J connectivity index is 6.04. The fraction of sp³-hybridized carbons (Fsp3) is 0.938. The van der Waals surface area contributed by atoms with Crippen molar-refractivity contribution in [3.8, 4) is 0 Å².